The van der Waals surface area contributed by atoms with Crippen LogP contribution in [-0.4, -0.2) is 28.9 Å². The monoisotopic (exact) mass is 329 g/mol. The van der Waals surface area contributed by atoms with Crippen LogP contribution in [0.15, 0.2) is 22.7 Å². The highest BCUT2D eigenvalue weighted by Crippen LogP contribution is 2.20. The third kappa shape index (κ3) is 4.25. The molecule has 8 heteroatoms. The van der Waals surface area contributed by atoms with E-state index in [1.54, 1.807) is 6.07 Å². The number of nitrogens with two attached hydrogens (primary N) is 2. The summed E-state index contributed by atoms with van der Waals surface area (Å²) in [7, 11) is 0. The van der Waals surface area contributed by atoms with Crippen LogP contribution in [0.1, 0.15) is 16.8 Å². The van der Waals surface area contributed by atoms with E-state index in [0.29, 0.717) is 10.2 Å². The highest BCUT2D eigenvalue weighted by Gasteiger charge is 2.22. The molecule has 0 bridgehead atoms. The molecule has 0 saturated heterocycles. The summed E-state index contributed by atoms with van der Waals surface area (Å²) in [6.07, 6.45) is -0.479. The van der Waals surface area contributed by atoms with Crippen LogP contribution < -0.4 is 16.8 Å². The van der Waals surface area contributed by atoms with Crippen molar-refractivity contribution in [3.8, 4) is 0 Å². The number of nitrogen functional groups attached to an aromatic ring is 1. The lowest BCUT2D eigenvalue weighted by Gasteiger charge is -2.13. The van der Waals surface area contributed by atoms with E-state index in [1.165, 1.54) is 12.1 Å². The molecule has 1 rings (SSSR count). The number of aliphatic carboxylic acids is 1. The molecule has 19 heavy (non-hydrogen) atoms. The molecule has 0 radical (unpaired) electrons. The Morgan fingerprint density at radius 1 is 1.37 bits per heavy atom. The number of anilines is 1. The molecule has 0 spiro atoms. The average molecular weight is 330 g/mol. The zero-order valence-corrected chi connectivity index (χ0v) is 11.3. The summed E-state index contributed by atoms with van der Waals surface area (Å²) >= 11 is 3.17. The van der Waals surface area contributed by atoms with Crippen molar-refractivity contribution in [2.24, 2.45) is 5.73 Å². The molecule has 0 fully saturated rings. The van der Waals surface area contributed by atoms with Gasteiger partial charge in [0.05, 0.1) is 6.42 Å². The third-order valence-corrected chi connectivity index (χ3v) is 2.99. The predicted molar refractivity (Wildman–Crippen MR) is 71.3 cm³/mol. The third-order valence-electron chi connectivity index (χ3n) is 2.27. The van der Waals surface area contributed by atoms with Crippen molar-refractivity contribution in [1.29, 1.82) is 0 Å². The van der Waals surface area contributed by atoms with Gasteiger partial charge < -0.3 is 21.9 Å². The maximum absolute atomic E-state index is 11.8. The van der Waals surface area contributed by atoms with E-state index in [0.717, 1.165) is 0 Å². The molecule has 0 heterocycles. The predicted octanol–water partition coefficient (Wildman–Crippen LogP) is 0.0897. The minimum absolute atomic E-state index is 0.191. The fourth-order valence-corrected chi connectivity index (χ4v) is 1.57. The van der Waals surface area contributed by atoms with E-state index in [1.807, 2.05) is 0 Å². The van der Waals surface area contributed by atoms with Crippen LogP contribution in [0.4, 0.5) is 5.69 Å². The van der Waals surface area contributed by atoms with Crippen molar-refractivity contribution < 1.29 is 19.5 Å². The summed E-state index contributed by atoms with van der Waals surface area (Å²) in [6, 6.07) is 3.06. The highest BCUT2D eigenvalue weighted by molar-refractivity contribution is 9.10. The van der Waals surface area contributed by atoms with Gasteiger partial charge in [-0.1, -0.05) is 0 Å². The van der Waals surface area contributed by atoms with Crippen molar-refractivity contribution in [2.45, 2.75) is 12.5 Å². The van der Waals surface area contributed by atoms with Crippen molar-refractivity contribution in [3.05, 3.63) is 28.2 Å². The van der Waals surface area contributed by atoms with E-state index in [2.05, 4.69) is 21.2 Å². The first-order valence-electron chi connectivity index (χ1n) is 5.18. The first-order chi connectivity index (χ1) is 8.81. The summed E-state index contributed by atoms with van der Waals surface area (Å²) in [5, 5.41) is 11.1. The van der Waals surface area contributed by atoms with Crippen LogP contribution in [-0.2, 0) is 9.59 Å². The van der Waals surface area contributed by atoms with Crippen molar-refractivity contribution >= 4 is 39.4 Å². The number of carbonyl (C=O) groups excluding carboxylic acids is 2. The Balaban J connectivity index is 2.84. The highest BCUT2D eigenvalue weighted by atomic mass is 79.9. The second-order valence-corrected chi connectivity index (χ2v) is 4.63. The SMILES string of the molecule is NC(=O)C[C@@H](NC(=O)c1ccc(Br)c(N)c1)C(=O)O. The van der Waals surface area contributed by atoms with Gasteiger partial charge in [-0.05, 0) is 34.1 Å². The number of carboxylic acids is 1. The quantitative estimate of drug-likeness (QED) is 0.567. The van der Waals surface area contributed by atoms with Crippen LogP contribution in [0.3, 0.4) is 0 Å². The molecule has 0 aliphatic heterocycles. The largest absolute Gasteiger partial charge is 0.480 e. The Hall–Kier alpha value is -2.09. The number of hydrogen-bond donors (Lipinski definition) is 4. The Kier molecular flexibility index (Phi) is 4.87. The number of nitrogens with one attached hydrogen (secondary N) is 1. The van der Waals surface area contributed by atoms with Gasteiger partial charge in [-0.2, -0.15) is 0 Å². The van der Waals surface area contributed by atoms with Crippen molar-refractivity contribution in [1.82, 2.24) is 5.32 Å². The zero-order valence-electron chi connectivity index (χ0n) is 9.72. The summed E-state index contributed by atoms with van der Waals surface area (Å²) in [5.41, 5.74) is 11.1. The minimum atomic E-state index is -1.37. The number of primary amides is 1. The lowest BCUT2D eigenvalue weighted by molar-refractivity contribution is -0.140. The van der Waals surface area contributed by atoms with Gasteiger partial charge in [0, 0.05) is 15.7 Å². The van der Waals surface area contributed by atoms with Crippen LogP contribution in [0.25, 0.3) is 0 Å². The standard InChI is InChI=1S/C11H12BrN3O4/c12-6-2-1-5(3-7(6)13)10(17)15-8(11(18)19)4-9(14)16/h1-3,8H,4,13H2,(H2,14,16)(H,15,17)(H,18,19)/t8-/m1/s1. The van der Waals surface area contributed by atoms with Crippen LogP contribution >= 0.6 is 15.9 Å². The molecule has 7 nitrogen and oxygen atoms in total. The Morgan fingerprint density at radius 2 is 2.00 bits per heavy atom. The lowest BCUT2D eigenvalue weighted by atomic mass is 10.1. The molecule has 1 aromatic carbocycles. The first kappa shape index (κ1) is 15.0. The van der Waals surface area contributed by atoms with Crippen LogP contribution in [0.5, 0.6) is 0 Å². The summed E-state index contributed by atoms with van der Waals surface area (Å²) in [5.74, 6) is -2.80. The second-order valence-electron chi connectivity index (χ2n) is 3.77. The van der Waals surface area contributed by atoms with Gasteiger partial charge in [0.15, 0.2) is 0 Å². The van der Waals surface area contributed by atoms with E-state index < -0.39 is 30.2 Å². The van der Waals surface area contributed by atoms with Gasteiger partial charge in [-0.25, -0.2) is 4.79 Å². The minimum Gasteiger partial charge on any atom is -0.480 e. The number of benzene rings is 1. The van der Waals surface area contributed by atoms with E-state index in [9.17, 15) is 14.4 Å². The maximum atomic E-state index is 11.8. The molecular weight excluding hydrogens is 318 g/mol. The molecule has 0 aliphatic rings. The second kappa shape index (κ2) is 6.19. The van der Waals surface area contributed by atoms with Gasteiger partial charge >= 0.3 is 5.97 Å². The van der Waals surface area contributed by atoms with Gasteiger partial charge in [-0.15, -0.1) is 0 Å². The van der Waals surface area contributed by atoms with Gasteiger partial charge in [0.25, 0.3) is 5.91 Å². The summed E-state index contributed by atoms with van der Waals surface area (Å²) in [4.78, 5) is 33.4. The molecule has 0 aliphatic carbocycles. The normalized spacial score (nSPS) is 11.6. The number of hydrogen-bond acceptors (Lipinski definition) is 4. The summed E-state index contributed by atoms with van der Waals surface area (Å²) < 4.78 is 0.621. The first-order valence-corrected chi connectivity index (χ1v) is 5.97. The molecular formula is C11H12BrN3O4. The van der Waals surface area contributed by atoms with Crippen LogP contribution in [0, 0.1) is 0 Å². The van der Waals surface area contributed by atoms with Gasteiger partial charge in [0.2, 0.25) is 5.91 Å². The van der Waals surface area contributed by atoms with Crippen molar-refractivity contribution in [3.63, 3.8) is 0 Å². The Bertz CT molecular complexity index is 533. The Morgan fingerprint density at radius 3 is 2.47 bits per heavy atom. The lowest BCUT2D eigenvalue weighted by Crippen LogP contribution is -2.43. The molecule has 1 atom stereocenters. The molecule has 0 unspecified atom stereocenters. The number of rotatable bonds is 5. The molecule has 102 valence electrons. The number of carboxylic acid groups (broad SMARTS) is 1. The van der Waals surface area contributed by atoms with Crippen molar-refractivity contribution in [2.75, 3.05) is 5.73 Å². The molecule has 1 aromatic rings. The fourth-order valence-electron chi connectivity index (χ4n) is 1.33. The number of carbonyl (C=O) groups is 3. The number of halogens is 1. The average Bonchev–Trinajstić information content (AvgIpc) is 2.31. The summed E-state index contributed by atoms with van der Waals surface area (Å²) in [6.45, 7) is 0. The Labute approximate surface area is 117 Å². The number of amides is 2. The van der Waals surface area contributed by atoms with Gasteiger partial charge in [-0.3, -0.25) is 9.59 Å². The van der Waals surface area contributed by atoms with Gasteiger partial charge in [0.1, 0.15) is 6.04 Å². The fraction of sp³-hybridized carbons (Fsp3) is 0.182. The van der Waals surface area contributed by atoms with E-state index >= 15 is 0 Å². The smallest absolute Gasteiger partial charge is 0.326 e. The van der Waals surface area contributed by atoms with E-state index in [4.69, 9.17) is 16.6 Å². The maximum Gasteiger partial charge on any atom is 0.326 e. The molecule has 0 aromatic heterocycles. The van der Waals surface area contributed by atoms with Crippen LogP contribution in [0.2, 0.25) is 0 Å². The zero-order chi connectivity index (χ0) is 14.6. The molecule has 0 saturated carbocycles. The topological polar surface area (TPSA) is 136 Å². The van der Waals surface area contributed by atoms with E-state index in [-0.39, 0.29) is 5.56 Å². The molecule has 2 amide bonds. The molecule has 6 N–H and O–H groups in total.